The molecule has 0 saturated carbocycles. The average Bonchev–Trinajstić information content (AvgIpc) is 2.56. The van der Waals surface area contributed by atoms with E-state index in [4.69, 9.17) is 9.47 Å². The minimum Gasteiger partial charge on any atom is -0.381 e. The quantitative estimate of drug-likeness (QED) is 0.290. The maximum absolute atomic E-state index is 11.6. The lowest BCUT2D eigenvalue weighted by atomic mass is 10.1. The summed E-state index contributed by atoms with van der Waals surface area (Å²) in [7, 11) is -4.21. The van der Waals surface area contributed by atoms with Gasteiger partial charge in [-0.25, -0.2) is 14.2 Å². The number of hydrogen-bond acceptors (Lipinski definition) is 6. The summed E-state index contributed by atoms with van der Waals surface area (Å²) in [6.45, 7) is 16.2. The van der Waals surface area contributed by atoms with Gasteiger partial charge in [0.25, 0.3) is 0 Å². The molecule has 0 heterocycles. The lowest BCUT2D eigenvalue weighted by Gasteiger charge is -2.11. The van der Waals surface area contributed by atoms with Crippen molar-refractivity contribution >= 4 is 22.1 Å². The zero-order chi connectivity index (χ0) is 22.0. The fourth-order valence-corrected chi connectivity index (χ4v) is 2.56. The first kappa shape index (κ1) is 28.6. The Hall–Kier alpha value is -1.65. The lowest BCUT2D eigenvalue weighted by molar-refractivity contribution is -0.120. The van der Waals surface area contributed by atoms with Gasteiger partial charge in [0.15, 0.2) is 0 Å². The standard InChI is InChI=1S/C16H33N3O6S.C2H4/c1-13(2)11-15(20)18-26(22,23)19-16(21)17-7-10-24-8-5-6-9-25-12-14(3)4;1-2/h13-14H,5-12H2,1-4H3,(H,18,20)(H2,17,19,21);1-2H2. The molecule has 0 spiro atoms. The van der Waals surface area contributed by atoms with Crippen LogP contribution in [-0.4, -0.2) is 53.3 Å². The van der Waals surface area contributed by atoms with Crippen LogP contribution in [0.3, 0.4) is 0 Å². The summed E-state index contributed by atoms with van der Waals surface area (Å²) in [6.07, 6.45) is 1.80. The van der Waals surface area contributed by atoms with Gasteiger partial charge in [-0.15, -0.1) is 13.2 Å². The van der Waals surface area contributed by atoms with Crippen LogP contribution in [0, 0.1) is 11.8 Å². The molecule has 9 nitrogen and oxygen atoms in total. The molecule has 28 heavy (non-hydrogen) atoms. The summed E-state index contributed by atoms with van der Waals surface area (Å²) < 4.78 is 37.4. The van der Waals surface area contributed by atoms with Crippen LogP contribution in [-0.2, 0) is 24.5 Å². The van der Waals surface area contributed by atoms with E-state index in [1.54, 1.807) is 23.3 Å². The number of amides is 3. The zero-order valence-corrected chi connectivity index (χ0v) is 18.4. The summed E-state index contributed by atoms with van der Waals surface area (Å²) in [5, 5.41) is 2.35. The van der Waals surface area contributed by atoms with Crippen molar-refractivity contribution in [2.45, 2.75) is 47.0 Å². The molecule has 3 N–H and O–H groups in total. The molecule has 0 aliphatic rings. The molecule has 0 radical (unpaired) electrons. The maximum Gasteiger partial charge on any atom is 0.329 e. The molecule has 10 heteroatoms. The normalized spacial score (nSPS) is 10.9. The molecule has 0 aromatic carbocycles. The Bertz CT molecular complexity index is 523. The van der Waals surface area contributed by atoms with Gasteiger partial charge in [0.05, 0.1) is 6.61 Å². The van der Waals surface area contributed by atoms with Gasteiger partial charge >= 0.3 is 16.2 Å². The Morgan fingerprint density at radius 1 is 0.893 bits per heavy atom. The average molecular weight is 424 g/mol. The van der Waals surface area contributed by atoms with E-state index in [0.29, 0.717) is 19.1 Å². The molecule has 0 aliphatic heterocycles. The highest BCUT2D eigenvalue weighted by Crippen LogP contribution is 1.98. The van der Waals surface area contributed by atoms with Gasteiger partial charge in [-0.1, -0.05) is 27.7 Å². The van der Waals surface area contributed by atoms with Gasteiger partial charge in [0.2, 0.25) is 5.91 Å². The molecule has 166 valence electrons. The van der Waals surface area contributed by atoms with E-state index in [1.807, 2.05) is 0 Å². The molecule has 3 amide bonds. The van der Waals surface area contributed by atoms with Gasteiger partial charge in [-0.3, -0.25) is 4.79 Å². The molecule has 0 unspecified atom stereocenters. The van der Waals surface area contributed by atoms with E-state index >= 15 is 0 Å². The minimum atomic E-state index is -4.21. The Balaban J connectivity index is 0. The molecule has 0 atom stereocenters. The number of ether oxygens (including phenoxy) is 2. The Kier molecular flexibility index (Phi) is 17.8. The molecule has 0 aromatic heterocycles. The van der Waals surface area contributed by atoms with E-state index in [0.717, 1.165) is 19.4 Å². The van der Waals surface area contributed by atoms with Crippen molar-refractivity contribution in [3.63, 3.8) is 0 Å². The second-order valence-corrected chi connectivity index (χ2v) is 8.19. The van der Waals surface area contributed by atoms with Crippen LogP contribution in [0.5, 0.6) is 0 Å². The predicted molar refractivity (Wildman–Crippen MR) is 110 cm³/mol. The molecular formula is C18H37N3O6S. The van der Waals surface area contributed by atoms with Crippen LogP contribution in [0.1, 0.15) is 47.0 Å². The third-order valence-corrected chi connectivity index (χ3v) is 3.83. The second kappa shape index (κ2) is 17.4. The van der Waals surface area contributed by atoms with Gasteiger partial charge in [-0.05, 0) is 24.7 Å². The number of carbonyl (C=O) groups is 2. The van der Waals surface area contributed by atoms with E-state index in [2.05, 4.69) is 32.3 Å². The fraction of sp³-hybridized carbons (Fsp3) is 0.778. The van der Waals surface area contributed by atoms with Crippen LogP contribution in [0.4, 0.5) is 4.79 Å². The Morgan fingerprint density at radius 3 is 2.00 bits per heavy atom. The molecular weight excluding hydrogens is 386 g/mol. The van der Waals surface area contributed by atoms with Gasteiger partial charge in [0, 0.05) is 32.8 Å². The zero-order valence-electron chi connectivity index (χ0n) is 17.6. The van der Waals surface area contributed by atoms with Crippen molar-refractivity contribution in [2.75, 3.05) is 33.0 Å². The van der Waals surface area contributed by atoms with Crippen molar-refractivity contribution in [3.8, 4) is 0 Å². The third-order valence-electron chi connectivity index (χ3n) is 2.88. The highest BCUT2D eigenvalue weighted by atomic mass is 32.2. The Labute approximate surface area is 169 Å². The third kappa shape index (κ3) is 20.7. The fourth-order valence-electron chi connectivity index (χ4n) is 1.81. The molecule has 0 rings (SSSR count). The summed E-state index contributed by atoms with van der Waals surface area (Å²) in [5.74, 6) is -0.130. The number of urea groups is 1. The van der Waals surface area contributed by atoms with E-state index in [9.17, 15) is 18.0 Å². The number of carbonyl (C=O) groups excluding carboxylic acids is 2. The van der Waals surface area contributed by atoms with E-state index in [-0.39, 0.29) is 25.5 Å². The first-order valence-corrected chi connectivity index (χ1v) is 10.9. The van der Waals surface area contributed by atoms with Crippen molar-refractivity contribution in [1.29, 1.82) is 0 Å². The molecule has 0 fully saturated rings. The summed E-state index contributed by atoms with van der Waals surface area (Å²) >= 11 is 0. The summed E-state index contributed by atoms with van der Waals surface area (Å²) in [5.41, 5.74) is 0. The highest BCUT2D eigenvalue weighted by molar-refractivity contribution is 7.88. The van der Waals surface area contributed by atoms with Crippen LogP contribution in [0.15, 0.2) is 13.2 Å². The van der Waals surface area contributed by atoms with Crippen molar-refractivity contribution in [2.24, 2.45) is 11.8 Å². The number of unbranched alkanes of at least 4 members (excludes halogenated alkanes) is 1. The second-order valence-electron chi connectivity index (χ2n) is 6.77. The van der Waals surface area contributed by atoms with Gasteiger partial charge in [-0.2, -0.15) is 8.42 Å². The van der Waals surface area contributed by atoms with Crippen LogP contribution < -0.4 is 14.8 Å². The van der Waals surface area contributed by atoms with E-state index < -0.39 is 22.1 Å². The van der Waals surface area contributed by atoms with Crippen molar-refractivity contribution in [1.82, 2.24) is 14.8 Å². The van der Waals surface area contributed by atoms with Gasteiger partial charge < -0.3 is 14.8 Å². The number of rotatable bonds is 14. The first-order chi connectivity index (χ1) is 13.1. The first-order valence-electron chi connectivity index (χ1n) is 9.39. The van der Waals surface area contributed by atoms with Gasteiger partial charge in [0.1, 0.15) is 0 Å². The highest BCUT2D eigenvalue weighted by Gasteiger charge is 2.17. The monoisotopic (exact) mass is 423 g/mol. The lowest BCUT2D eigenvalue weighted by Crippen LogP contribution is -2.47. The predicted octanol–water partition coefficient (Wildman–Crippen LogP) is 1.96. The molecule has 0 saturated heterocycles. The van der Waals surface area contributed by atoms with Crippen molar-refractivity contribution in [3.05, 3.63) is 13.2 Å². The number of hydrogen-bond donors (Lipinski definition) is 3. The topological polar surface area (TPSA) is 123 Å². The van der Waals surface area contributed by atoms with Crippen molar-refractivity contribution < 1.29 is 27.5 Å². The molecule has 0 aliphatic carbocycles. The summed E-state index contributed by atoms with van der Waals surface area (Å²) in [6, 6.07) is -0.916. The van der Waals surface area contributed by atoms with Crippen LogP contribution in [0.2, 0.25) is 0 Å². The SMILES string of the molecule is C=C.CC(C)COCCCCOCCNC(=O)NS(=O)(=O)NC(=O)CC(C)C. The largest absolute Gasteiger partial charge is 0.381 e. The molecule has 0 bridgehead atoms. The smallest absolute Gasteiger partial charge is 0.329 e. The van der Waals surface area contributed by atoms with E-state index in [1.165, 1.54) is 0 Å². The maximum atomic E-state index is 11.6. The summed E-state index contributed by atoms with van der Waals surface area (Å²) in [4.78, 5) is 22.9. The van der Waals surface area contributed by atoms with Crippen LogP contribution >= 0.6 is 0 Å². The minimum absolute atomic E-state index is 0.0120. The Morgan fingerprint density at radius 2 is 1.46 bits per heavy atom. The van der Waals surface area contributed by atoms with Crippen LogP contribution in [0.25, 0.3) is 0 Å². The molecule has 0 aromatic rings. The number of nitrogens with one attached hydrogen (secondary N) is 3.